The number of aliphatic carboxylic acids is 1. The van der Waals surface area contributed by atoms with Crippen LogP contribution in [0.4, 0.5) is 4.79 Å². The predicted molar refractivity (Wildman–Crippen MR) is 129 cm³/mol. The highest BCUT2D eigenvalue weighted by atomic mass is 16.6. The Morgan fingerprint density at radius 2 is 1.70 bits per heavy atom. The molecular formula is C28H33NO4. The lowest BCUT2D eigenvalue weighted by atomic mass is 9.79. The number of allylic oxidation sites excluding steroid dienone is 2. The molecule has 3 unspecified atom stereocenters. The first-order valence-corrected chi connectivity index (χ1v) is 11.9. The summed E-state index contributed by atoms with van der Waals surface area (Å²) in [5.74, 6) is -0.817. The molecule has 1 N–H and O–H groups in total. The minimum Gasteiger partial charge on any atom is -0.480 e. The van der Waals surface area contributed by atoms with Crippen LogP contribution in [-0.4, -0.2) is 41.3 Å². The highest BCUT2D eigenvalue weighted by Crippen LogP contribution is 2.44. The van der Waals surface area contributed by atoms with Crippen molar-refractivity contribution in [3.63, 3.8) is 0 Å². The lowest BCUT2D eigenvalue weighted by Crippen LogP contribution is -2.50. The number of rotatable bonds is 7. The summed E-state index contributed by atoms with van der Waals surface area (Å²) >= 11 is 0. The van der Waals surface area contributed by atoms with E-state index in [4.69, 9.17) is 4.74 Å². The summed E-state index contributed by atoms with van der Waals surface area (Å²) in [6.45, 7) is 6.66. The topological polar surface area (TPSA) is 66.8 Å². The molecule has 0 bridgehead atoms. The molecule has 5 nitrogen and oxygen atoms in total. The Hall–Kier alpha value is -3.08. The Balaban J connectivity index is 1.54. The third kappa shape index (κ3) is 4.68. The molecule has 0 heterocycles. The zero-order chi connectivity index (χ0) is 23.5. The standard InChI is InChI=1S/C28H33NO4/c1-4-13-29(26(27(30)31)20-15-18(2)14-19(3)16-20)28(32)33-17-25-23-11-7-5-9-21(23)22-10-6-8-12-24(22)25/h5-12,14,18,20,25-26H,4,13,15-17H2,1-3H3,(H,30,31). The van der Waals surface area contributed by atoms with E-state index in [0.29, 0.717) is 25.3 Å². The SMILES string of the molecule is CCCN(C(=O)OCC1c2ccccc2-c2ccccc21)C(C(=O)O)C1CC(C)=CC(C)C1. The summed E-state index contributed by atoms with van der Waals surface area (Å²) < 4.78 is 5.84. The number of carbonyl (C=O) groups is 2. The fourth-order valence-electron chi connectivity index (χ4n) is 5.69. The van der Waals surface area contributed by atoms with Gasteiger partial charge in [0, 0.05) is 12.5 Å². The highest BCUT2D eigenvalue weighted by Gasteiger charge is 2.39. The van der Waals surface area contributed by atoms with Gasteiger partial charge in [-0.15, -0.1) is 0 Å². The van der Waals surface area contributed by atoms with Crippen molar-refractivity contribution in [2.75, 3.05) is 13.2 Å². The van der Waals surface area contributed by atoms with Crippen LogP contribution in [0.1, 0.15) is 57.1 Å². The number of fused-ring (bicyclic) bond motifs is 3. The first-order valence-electron chi connectivity index (χ1n) is 11.9. The molecule has 0 radical (unpaired) electrons. The van der Waals surface area contributed by atoms with Gasteiger partial charge in [-0.1, -0.05) is 74.0 Å². The molecule has 4 rings (SSSR count). The fraction of sp³-hybridized carbons (Fsp3) is 0.429. The van der Waals surface area contributed by atoms with Gasteiger partial charge in [-0.2, -0.15) is 0 Å². The molecular weight excluding hydrogens is 414 g/mol. The van der Waals surface area contributed by atoms with Crippen molar-refractivity contribution in [1.82, 2.24) is 4.90 Å². The molecule has 2 aliphatic rings. The molecule has 2 aromatic rings. The predicted octanol–water partition coefficient (Wildman–Crippen LogP) is 6.09. The molecule has 1 amide bonds. The molecule has 0 spiro atoms. The third-order valence-corrected chi connectivity index (χ3v) is 6.90. The van der Waals surface area contributed by atoms with E-state index < -0.39 is 18.1 Å². The third-order valence-electron chi connectivity index (χ3n) is 6.90. The van der Waals surface area contributed by atoms with E-state index in [0.717, 1.165) is 17.5 Å². The number of carboxylic acids is 1. The first kappa shape index (κ1) is 23.1. The number of nitrogens with zero attached hydrogens (tertiary/aromatic N) is 1. The van der Waals surface area contributed by atoms with Gasteiger partial charge in [-0.3, -0.25) is 4.90 Å². The minimum atomic E-state index is -0.955. The first-order chi connectivity index (χ1) is 15.9. The zero-order valence-corrected chi connectivity index (χ0v) is 19.7. The average molecular weight is 448 g/mol. The maximum absolute atomic E-state index is 13.3. The van der Waals surface area contributed by atoms with Crippen molar-refractivity contribution in [2.24, 2.45) is 11.8 Å². The van der Waals surface area contributed by atoms with Crippen molar-refractivity contribution >= 4 is 12.1 Å². The number of ether oxygens (including phenoxy) is 1. The van der Waals surface area contributed by atoms with Crippen LogP contribution in [0, 0.1) is 11.8 Å². The van der Waals surface area contributed by atoms with E-state index in [1.807, 2.05) is 38.1 Å². The van der Waals surface area contributed by atoms with Crippen LogP contribution in [-0.2, 0) is 9.53 Å². The van der Waals surface area contributed by atoms with Crippen LogP contribution in [0.2, 0.25) is 0 Å². The van der Waals surface area contributed by atoms with Crippen LogP contribution in [0.5, 0.6) is 0 Å². The number of hydrogen-bond acceptors (Lipinski definition) is 3. The normalized spacial score (nSPS) is 20.4. The largest absolute Gasteiger partial charge is 0.480 e. The fourth-order valence-corrected chi connectivity index (χ4v) is 5.69. The van der Waals surface area contributed by atoms with Gasteiger partial charge in [0.2, 0.25) is 0 Å². The lowest BCUT2D eigenvalue weighted by Gasteiger charge is -2.36. The second-order valence-corrected chi connectivity index (χ2v) is 9.47. The van der Waals surface area contributed by atoms with Gasteiger partial charge in [0.05, 0.1) is 0 Å². The number of carbonyl (C=O) groups excluding carboxylic acids is 1. The molecule has 2 aromatic carbocycles. The van der Waals surface area contributed by atoms with E-state index in [-0.39, 0.29) is 18.4 Å². The van der Waals surface area contributed by atoms with E-state index in [9.17, 15) is 14.7 Å². The molecule has 0 saturated carbocycles. The van der Waals surface area contributed by atoms with Gasteiger partial charge >= 0.3 is 12.1 Å². The molecule has 3 atom stereocenters. The summed E-state index contributed by atoms with van der Waals surface area (Å²) in [6, 6.07) is 15.5. The average Bonchev–Trinajstić information content (AvgIpc) is 3.10. The summed E-state index contributed by atoms with van der Waals surface area (Å²) in [5.41, 5.74) is 5.81. The second kappa shape index (κ2) is 9.82. The number of amides is 1. The van der Waals surface area contributed by atoms with Crippen LogP contribution >= 0.6 is 0 Å². The van der Waals surface area contributed by atoms with Gasteiger partial charge in [-0.25, -0.2) is 9.59 Å². The highest BCUT2D eigenvalue weighted by molar-refractivity contribution is 5.81. The molecule has 33 heavy (non-hydrogen) atoms. The molecule has 2 aliphatic carbocycles. The van der Waals surface area contributed by atoms with Crippen LogP contribution < -0.4 is 0 Å². The van der Waals surface area contributed by atoms with Gasteiger partial charge in [-0.05, 0) is 60.3 Å². The maximum Gasteiger partial charge on any atom is 0.410 e. The Bertz CT molecular complexity index is 1010. The van der Waals surface area contributed by atoms with E-state index >= 15 is 0 Å². The Labute approximate surface area is 196 Å². The van der Waals surface area contributed by atoms with Crippen LogP contribution in [0.15, 0.2) is 60.2 Å². The smallest absolute Gasteiger partial charge is 0.410 e. The van der Waals surface area contributed by atoms with E-state index in [1.54, 1.807) is 0 Å². The minimum absolute atomic E-state index is 0.0482. The Kier molecular flexibility index (Phi) is 6.87. The summed E-state index contributed by atoms with van der Waals surface area (Å²) in [7, 11) is 0. The molecule has 174 valence electrons. The number of benzene rings is 2. The molecule has 0 aliphatic heterocycles. The Morgan fingerprint density at radius 1 is 1.09 bits per heavy atom. The van der Waals surface area contributed by atoms with Gasteiger partial charge in [0.1, 0.15) is 12.6 Å². The summed E-state index contributed by atoms with van der Waals surface area (Å²) in [4.78, 5) is 27.1. The van der Waals surface area contributed by atoms with E-state index in [1.165, 1.54) is 21.6 Å². The Morgan fingerprint density at radius 3 is 2.24 bits per heavy atom. The van der Waals surface area contributed by atoms with Crippen LogP contribution in [0.25, 0.3) is 11.1 Å². The van der Waals surface area contributed by atoms with Crippen LogP contribution in [0.3, 0.4) is 0 Å². The lowest BCUT2D eigenvalue weighted by molar-refractivity contribution is -0.145. The summed E-state index contributed by atoms with van der Waals surface area (Å²) in [5, 5.41) is 10.1. The van der Waals surface area contributed by atoms with Crippen molar-refractivity contribution in [2.45, 2.75) is 52.0 Å². The van der Waals surface area contributed by atoms with Crippen molar-refractivity contribution < 1.29 is 19.4 Å². The zero-order valence-electron chi connectivity index (χ0n) is 19.7. The maximum atomic E-state index is 13.3. The van der Waals surface area contributed by atoms with Crippen molar-refractivity contribution in [1.29, 1.82) is 0 Å². The number of carboxylic acid groups (broad SMARTS) is 1. The van der Waals surface area contributed by atoms with Crippen molar-refractivity contribution in [3.05, 3.63) is 71.3 Å². The quantitative estimate of drug-likeness (QED) is 0.521. The molecule has 0 fully saturated rings. The molecule has 0 saturated heterocycles. The van der Waals surface area contributed by atoms with Gasteiger partial charge < -0.3 is 9.84 Å². The van der Waals surface area contributed by atoms with E-state index in [2.05, 4.69) is 37.3 Å². The van der Waals surface area contributed by atoms with Gasteiger partial charge in [0.25, 0.3) is 0 Å². The second-order valence-electron chi connectivity index (χ2n) is 9.47. The van der Waals surface area contributed by atoms with Gasteiger partial charge in [0.15, 0.2) is 0 Å². The number of hydrogen-bond donors (Lipinski definition) is 1. The molecule has 5 heteroatoms. The summed E-state index contributed by atoms with van der Waals surface area (Å²) in [6.07, 6.45) is 3.78. The monoisotopic (exact) mass is 447 g/mol. The molecule has 0 aromatic heterocycles. The van der Waals surface area contributed by atoms with Crippen molar-refractivity contribution in [3.8, 4) is 11.1 Å².